The summed E-state index contributed by atoms with van der Waals surface area (Å²) in [7, 11) is 0. The van der Waals surface area contributed by atoms with Crippen molar-refractivity contribution >= 4 is 5.91 Å². The van der Waals surface area contributed by atoms with Crippen LogP contribution in [0.5, 0.6) is 5.75 Å². The highest BCUT2D eigenvalue weighted by atomic mass is 16.5. The second-order valence-corrected chi connectivity index (χ2v) is 6.60. The Hall–Kier alpha value is -1.51. The number of aryl methyl sites for hydroxylation is 1. The van der Waals surface area contributed by atoms with Crippen molar-refractivity contribution in [2.45, 2.75) is 59.3 Å². The van der Waals surface area contributed by atoms with Crippen molar-refractivity contribution < 1.29 is 9.53 Å². The molecule has 0 aliphatic carbocycles. The van der Waals surface area contributed by atoms with Gasteiger partial charge in [-0.2, -0.15) is 0 Å². The molecule has 0 aromatic heterocycles. The zero-order valence-corrected chi connectivity index (χ0v) is 14.1. The summed E-state index contributed by atoms with van der Waals surface area (Å²) in [5.41, 5.74) is 2.27. The Morgan fingerprint density at radius 1 is 1.24 bits per heavy atom. The van der Waals surface area contributed by atoms with Crippen LogP contribution in [0.15, 0.2) is 18.2 Å². The van der Waals surface area contributed by atoms with Crippen LogP contribution in [0.1, 0.15) is 58.1 Å². The minimum atomic E-state index is -0.0486. The van der Waals surface area contributed by atoms with E-state index in [2.05, 4.69) is 45.1 Å². The fourth-order valence-corrected chi connectivity index (χ4v) is 2.17. The van der Waals surface area contributed by atoms with Gasteiger partial charge in [-0.05, 0) is 36.0 Å². The Morgan fingerprint density at radius 3 is 2.57 bits per heavy atom. The van der Waals surface area contributed by atoms with E-state index in [1.807, 2.05) is 13.0 Å². The lowest BCUT2D eigenvalue weighted by molar-refractivity contribution is -0.123. The van der Waals surface area contributed by atoms with E-state index in [-0.39, 0.29) is 17.9 Å². The first kappa shape index (κ1) is 17.5. The second kappa shape index (κ2) is 8.06. The molecule has 0 fully saturated rings. The molecule has 0 aliphatic rings. The van der Waals surface area contributed by atoms with E-state index >= 15 is 0 Å². The molecule has 0 aliphatic heterocycles. The third-order valence-electron chi connectivity index (χ3n) is 3.41. The quantitative estimate of drug-likeness (QED) is 0.772. The molecule has 0 heterocycles. The van der Waals surface area contributed by atoms with Gasteiger partial charge in [0.2, 0.25) is 0 Å². The van der Waals surface area contributed by atoms with Crippen molar-refractivity contribution in [2.75, 3.05) is 13.2 Å². The van der Waals surface area contributed by atoms with E-state index in [1.54, 1.807) is 0 Å². The molecule has 0 spiro atoms. The third-order valence-corrected chi connectivity index (χ3v) is 3.41. The van der Waals surface area contributed by atoms with Crippen LogP contribution in [0, 0.1) is 6.92 Å². The highest BCUT2D eigenvalue weighted by Gasteiger charge is 2.19. The van der Waals surface area contributed by atoms with Crippen molar-refractivity contribution in [3.05, 3.63) is 29.3 Å². The van der Waals surface area contributed by atoms with Gasteiger partial charge in [-0.15, -0.1) is 0 Å². The molecule has 0 bridgehead atoms. The van der Waals surface area contributed by atoms with Gasteiger partial charge in [0.05, 0.1) is 0 Å². The number of carbonyl (C=O) groups is 1. The van der Waals surface area contributed by atoms with E-state index in [0.717, 1.165) is 42.7 Å². The van der Waals surface area contributed by atoms with Crippen LogP contribution in [0.3, 0.4) is 0 Å². The summed E-state index contributed by atoms with van der Waals surface area (Å²) in [6.45, 7) is 11.4. The van der Waals surface area contributed by atoms with Crippen LogP contribution in [0.4, 0.5) is 0 Å². The molecule has 0 unspecified atom stereocenters. The number of carbonyl (C=O) groups excluding carboxylic acids is 1. The molecular formula is C18H29NO2. The lowest BCUT2D eigenvalue weighted by Crippen LogP contribution is -2.30. The maximum atomic E-state index is 11.8. The minimum absolute atomic E-state index is 0.000630. The Kier molecular flexibility index (Phi) is 6.73. The van der Waals surface area contributed by atoms with Gasteiger partial charge in [0.25, 0.3) is 5.91 Å². The molecular weight excluding hydrogens is 262 g/mol. The minimum Gasteiger partial charge on any atom is -0.483 e. The predicted molar refractivity (Wildman–Crippen MR) is 87.9 cm³/mol. The van der Waals surface area contributed by atoms with E-state index < -0.39 is 0 Å². The molecule has 1 amide bonds. The SMILES string of the molecule is CCCCCNC(=O)COc1cc(C)ccc1C(C)(C)C. The van der Waals surface area contributed by atoms with Crippen LogP contribution < -0.4 is 10.1 Å². The van der Waals surface area contributed by atoms with Gasteiger partial charge in [-0.3, -0.25) is 4.79 Å². The largest absolute Gasteiger partial charge is 0.483 e. The molecule has 118 valence electrons. The van der Waals surface area contributed by atoms with E-state index in [4.69, 9.17) is 4.74 Å². The van der Waals surface area contributed by atoms with Crippen LogP contribution >= 0.6 is 0 Å². The molecule has 1 N–H and O–H groups in total. The average Bonchev–Trinajstić information content (AvgIpc) is 2.40. The molecule has 0 radical (unpaired) electrons. The maximum Gasteiger partial charge on any atom is 0.257 e. The van der Waals surface area contributed by atoms with E-state index in [9.17, 15) is 4.79 Å². The van der Waals surface area contributed by atoms with Crippen molar-refractivity contribution in [3.8, 4) is 5.75 Å². The van der Waals surface area contributed by atoms with Crippen molar-refractivity contribution in [3.63, 3.8) is 0 Å². The van der Waals surface area contributed by atoms with Gasteiger partial charge >= 0.3 is 0 Å². The first-order chi connectivity index (χ1) is 9.84. The lowest BCUT2D eigenvalue weighted by atomic mass is 9.86. The van der Waals surface area contributed by atoms with Crippen LogP contribution in [-0.2, 0) is 10.2 Å². The number of hydrogen-bond donors (Lipinski definition) is 1. The Balaban J connectivity index is 2.58. The number of benzene rings is 1. The average molecular weight is 291 g/mol. The molecule has 0 atom stereocenters. The fraction of sp³-hybridized carbons (Fsp3) is 0.611. The van der Waals surface area contributed by atoms with Crippen molar-refractivity contribution in [2.24, 2.45) is 0 Å². The maximum absolute atomic E-state index is 11.8. The Bertz CT molecular complexity index is 461. The standard InChI is InChI=1S/C18H29NO2/c1-6-7-8-11-19-17(20)13-21-16-12-14(2)9-10-15(16)18(3,4)5/h9-10,12H,6-8,11,13H2,1-5H3,(H,19,20). The second-order valence-electron chi connectivity index (χ2n) is 6.60. The topological polar surface area (TPSA) is 38.3 Å². The predicted octanol–water partition coefficient (Wildman–Crippen LogP) is 3.98. The van der Waals surface area contributed by atoms with Gasteiger partial charge in [0, 0.05) is 6.54 Å². The number of nitrogens with one attached hydrogen (secondary N) is 1. The van der Waals surface area contributed by atoms with Crippen LogP contribution in [0.2, 0.25) is 0 Å². The number of unbranched alkanes of at least 4 members (excludes halogenated alkanes) is 2. The summed E-state index contributed by atoms with van der Waals surface area (Å²) in [5.74, 6) is 0.763. The summed E-state index contributed by atoms with van der Waals surface area (Å²) in [6.07, 6.45) is 3.33. The normalized spacial score (nSPS) is 11.3. The van der Waals surface area contributed by atoms with Gasteiger partial charge < -0.3 is 10.1 Å². The molecule has 1 aromatic carbocycles. The summed E-state index contributed by atoms with van der Waals surface area (Å²) in [4.78, 5) is 11.8. The Morgan fingerprint density at radius 2 is 1.95 bits per heavy atom. The summed E-state index contributed by atoms with van der Waals surface area (Å²) in [6, 6.07) is 6.17. The molecule has 0 saturated carbocycles. The van der Waals surface area contributed by atoms with E-state index in [1.165, 1.54) is 0 Å². The zero-order chi connectivity index (χ0) is 15.9. The monoisotopic (exact) mass is 291 g/mol. The Labute approximate surface area is 129 Å². The number of ether oxygens (including phenoxy) is 1. The van der Waals surface area contributed by atoms with Crippen molar-refractivity contribution in [1.82, 2.24) is 5.32 Å². The van der Waals surface area contributed by atoms with Gasteiger partial charge in [0.15, 0.2) is 6.61 Å². The van der Waals surface area contributed by atoms with Crippen molar-refractivity contribution in [1.29, 1.82) is 0 Å². The fourth-order valence-electron chi connectivity index (χ4n) is 2.17. The zero-order valence-electron chi connectivity index (χ0n) is 14.1. The first-order valence-electron chi connectivity index (χ1n) is 7.85. The van der Waals surface area contributed by atoms with Crippen LogP contribution in [-0.4, -0.2) is 19.1 Å². The van der Waals surface area contributed by atoms with Gasteiger partial charge in [0.1, 0.15) is 5.75 Å². The van der Waals surface area contributed by atoms with Gasteiger partial charge in [-0.1, -0.05) is 52.7 Å². The third kappa shape index (κ3) is 6.19. The summed E-state index contributed by atoms with van der Waals surface area (Å²) >= 11 is 0. The van der Waals surface area contributed by atoms with Gasteiger partial charge in [-0.25, -0.2) is 0 Å². The van der Waals surface area contributed by atoms with Crippen LogP contribution in [0.25, 0.3) is 0 Å². The summed E-state index contributed by atoms with van der Waals surface area (Å²) < 4.78 is 5.75. The molecule has 3 heteroatoms. The lowest BCUT2D eigenvalue weighted by Gasteiger charge is -2.23. The molecule has 0 saturated heterocycles. The van der Waals surface area contributed by atoms with E-state index in [0.29, 0.717) is 0 Å². The smallest absolute Gasteiger partial charge is 0.257 e. The molecule has 21 heavy (non-hydrogen) atoms. The molecule has 3 nitrogen and oxygen atoms in total. The first-order valence-corrected chi connectivity index (χ1v) is 7.85. The number of rotatable bonds is 7. The highest BCUT2D eigenvalue weighted by molar-refractivity contribution is 5.77. The number of amides is 1. The molecule has 1 rings (SSSR count). The number of hydrogen-bond acceptors (Lipinski definition) is 2. The highest BCUT2D eigenvalue weighted by Crippen LogP contribution is 2.31. The summed E-state index contributed by atoms with van der Waals surface area (Å²) in [5, 5.41) is 2.90. The molecule has 1 aromatic rings.